The third-order valence-corrected chi connectivity index (χ3v) is 6.10. The minimum atomic E-state index is -0.278. The average molecular weight is 426 g/mol. The van der Waals surface area contributed by atoms with Gasteiger partial charge in [-0.3, -0.25) is 9.59 Å². The number of thioether (sulfide) groups is 1. The van der Waals surface area contributed by atoms with E-state index in [-0.39, 0.29) is 17.6 Å². The molecule has 148 valence electrons. The van der Waals surface area contributed by atoms with E-state index in [1.165, 1.54) is 35.9 Å². The summed E-state index contributed by atoms with van der Waals surface area (Å²) in [5, 5.41) is 17.9. The number of nitrogens with one attached hydrogen (secondary N) is 3. The molecule has 0 radical (unpaired) electrons. The zero-order chi connectivity index (χ0) is 20.1. The van der Waals surface area contributed by atoms with Crippen LogP contribution in [0.1, 0.15) is 23.2 Å². The summed E-state index contributed by atoms with van der Waals surface area (Å²) in [6, 6.07) is 16.6. The number of hydrogen-bond acceptors (Lipinski definition) is 7. The zero-order valence-electron chi connectivity index (χ0n) is 15.4. The van der Waals surface area contributed by atoms with Crippen molar-refractivity contribution in [3.8, 4) is 0 Å². The maximum absolute atomic E-state index is 12.6. The predicted molar refractivity (Wildman–Crippen MR) is 117 cm³/mol. The van der Waals surface area contributed by atoms with E-state index in [4.69, 9.17) is 0 Å². The van der Waals surface area contributed by atoms with Crippen LogP contribution >= 0.6 is 23.1 Å². The van der Waals surface area contributed by atoms with Crippen molar-refractivity contribution in [2.45, 2.75) is 23.2 Å². The minimum Gasteiger partial charge on any atom is -0.357 e. The fourth-order valence-electron chi connectivity index (χ4n) is 2.55. The largest absolute Gasteiger partial charge is 0.357 e. The molecular weight excluding hydrogens is 406 g/mol. The van der Waals surface area contributed by atoms with Crippen molar-refractivity contribution in [3.63, 3.8) is 0 Å². The summed E-state index contributed by atoms with van der Waals surface area (Å²) in [5.41, 5.74) is 1.57. The van der Waals surface area contributed by atoms with Crippen LogP contribution in [0.3, 0.4) is 0 Å². The molecule has 4 rings (SSSR count). The van der Waals surface area contributed by atoms with Gasteiger partial charge in [0, 0.05) is 11.7 Å². The van der Waals surface area contributed by atoms with Crippen LogP contribution in [0.15, 0.2) is 58.9 Å². The molecule has 0 spiro atoms. The summed E-state index contributed by atoms with van der Waals surface area (Å²) in [6.07, 6.45) is 2.34. The Balaban J connectivity index is 1.34. The van der Waals surface area contributed by atoms with E-state index in [1.807, 2.05) is 30.3 Å². The molecule has 7 nitrogen and oxygen atoms in total. The third kappa shape index (κ3) is 5.55. The van der Waals surface area contributed by atoms with Crippen molar-refractivity contribution in [1.29, 1.82) is 0 Å². The quantitative estimate of drug-likeness (QED) is 0.470. The van der Waals surface area contributed by atoms with E-state index >= 15 is 0 Å². The Morgan fingerprint density at radius 3 is 2.55 bits per heavy atom. The first kappa shape index (κ1) is 19.4. The van der Waals surface area contributed by atoms with Gasteiger partial charge in [-0.2, -0.15) is 0 Å². The summed E-state index contributed by atoms with van der Waals surface area (Å²) in [4.78, 5) is 25.0. The molecule has 3 aromatic rings. The van der Waals surface area contributed by atoms with Gasteiger partial charge in [0.15, 0.2) is 4.34 Å². The van der Waals surface area contributed by atoms with Crippen LogP contribution < -0.4 is 16.0 Å². The molecule has 1 heterocycles. The Morgan fingerprint density at radius 2 is 1.76 bits per heavy atom. The van der Waals surface area contributed by atoms with Crippen LogP contribution in [0.2, 0.25) is 0 Å². The smallest absolute Gasteiger partial charge is 0.257 e. The molecule has 0 aliphatic heterocycles. The second-order valence-electron chi connectivity index (χ2n) is 6.49. The standard InChI is InChI=1S/C20H19N5O2S2/c26-17(12-28-20-25-24-19(29-20)22-14-10-11-14)23-16-9-5-4-8-15(16)18(27)21-13-6-2-1-3-7-13/h1-9,14H,10-12H2,(H,21,27)(H,22,24)(H,23,26). The highest BCUT2D eigenvalue weighted by atomic mass is 32.2. The van der Waals surface area contributed by atoms with Crippen molar-refractivity contribution in [2.75, 3.05) is 21.7 Å². The predicted octanol–water partition coefficient (Wildman–Crippen LogP) is 4.10. The van der Waals surface area contributed by atoms with E-state index < -0.39 is 0 Å². The molecule has 1 saturated carbocycles. The molecule has 0 bridgehead atoms. The molecule has 2 amide bonds. The van der Waals surface area contributed by atoms with Crippen LogP contribution in [0.25, 0.3) is 0 Å². The molecule has 1 aromatic heterocycles. The minimum absolute atomic E-state index is 0.187. The van der Waals surface area contributed by atoms with E-state index in [1.54, 1.807) is 24.3 Å². The number of nitrogens with zero attached hydrogens (tertiary/aromatic N) is 2. The van der Waals surface area contributed by atoms with E-state index in [9.17, 15) is 9.59 Å². The van der Waals surface area contributed by atoms with Crippen LogP contribution in [-0.2, 0) is 4.79 Å². The molecule has 3 N–H and O–H groups in total. The fourth-order valence-corrected chi connectivity index (χ4v) is 4.18. The highest BCUT2D eigenvalue weighted by molar-refractivity contribution is 8.01. The van der Waals surface area contributed by atoms with Gasteiger partial charge in [-0.1, -0.05) is 53.4 Å². The van der Waals surface area contributed by atoms with E-state index in [0.29, 0.717) is 23.0 Å². The van der Waals surface area contributed by atoms with Gasteiger partial charge in [0.25, 0.3) is 5.91 Å². The Labute approximate surface area is 176 Å². The zero-order valence-corrected chi connectivity index (χ0v) is 17.1. The molecule has 29 heavy (non-hydrogen) atoms. The summed E-state index contributed by atoms with van der Waals surface area (Å²) in [7, 11) is 0. The Bertz CT molecular complexity index is 1000. The van der Waals surface area contributed by atoms with Gasteiger partial charge in [-0.05, 0) is 37.1 Å². The van der Waals surface area contributed by atoms with Crippen LogP contribution in [0, 0.1) is 0 Å². The molecule has 9 heteroatoms. The van der Waals surface area contributed by atoms with Crippen LogP contribution in [0.5, 0.6) is 0 Å². The maximum Gasteiger partial charge on any atom is 0.257 e. The lowest BCUT2D eigenvalue weighted by molar-refractivity contribution is -0.113. The van der Waals surface area contributed by atoms with Gasteiger partial charge >= 0.3 is 0 Å². The SMILES string of the molecule is O=C(CSc1nnc(NC2CC2)s1)Nc1ccccc1C(=O)Nc1ccccc1. The average Bonchev–Trinajstić information content (AvgIpc) is 3.43. The van der Waals surface area contributed by atoms with Crippen molar-refractivity contribution in [2.24, 2.45) is 0 Å². The number of anilines is 3. The third-order valence-electron chi connectivity index (χ3n) is 4.12. The normalized spacial score (nSPS) is 13.0. The summed E-state index contributed by atoms with van der Waals surface area (Å²) >= 11 is 2.77. The Hall–Kier alpha value is -2.91. The van der Waals surface area contributed by atoms with Crippen molar-refractivity contribution in [1.82, 2.24) is 10.2 Å². The van der Waals surface area contributed by atoms with Crippen molar-refractivity contribution < 1.29 is 9.59 Å². The highest BCUT2D eigenvalue weighted by Crippen LogP contribution is 2.30. The van der Waals surface area contributed by atoms with Crippen molar-refractivity contribution >= 4 is 51.4 Å². The highest BCUT2D eigenvalue weighted by Gasteiger charge is 2.22. The number of aromatic nitrogens is 2. The number of carbonyl (C=O) groups excluding carboxylic acids is 2. The molecule has 0 unspecified atom stereocenters. The molecule has 0 atom stereocenters. The molecular formula is C20H19N5O2S2. The lowest BCUT2D eigenvalue weighted by Gasteiger charge is -2.11. The molecule has 1 aliphatic rings. The summed E-state index contributed by atoms with van der Waals surface area (Å²) in [6.45, 7) is 0. The van der Waals surface area contributed by atoms with Gasteiger partial charge in [-0.25, -0.2) is 0 Å². The van der Waals surface area contributed by atoms with Crippen LogP contribution in [0.4, 0.5) is 16.5 Å². The fraction of sp³-hybridized carbons (Fsp3) is 0.200. The molecule has 1 fully saturated rings. The van der Waals surface area contributed by atoms with Gasteiger partial charge in [0.2, 0.25) is 11.0 Å². The number of hydrogen-bond donors (Lipinski definition) is 3. The van der Waals surface area contributed by atoms with E-state index in [0.717, 1.165) is 9.47 Å². The summed E-state index contributed by atoms with van der Waals surface area (Å²) in [5.74, 6) is -0.297. The Kier molecular flexibility index (Phi) is 6.06. The number of para-hydroxylation sites is 2. The van der Waals surface area contributed by atoms with E-state index in [2.05, 4.69) is 26.1 Å². The van der Waals surface area contributed by atoms with Crippen molar-refractivity contribution in [3.05, 3.63) is 60.2 Å². The van der Waals surface area contributed by atoms with Gasteiger partial charge in [-0.15, -0.1) is 10.2 Å². The number of rotatable bonds is 8. The Morgan fingerprint density at radius 1 is 1.00 bits per heavy atom. The van der Waals surface area contributed by atoms with Gasteiger partial charge in [0.05, 0.1) is 17.0 Å². The topological polar surface area (TPSA) is 96.0 Å². The maximum atomic E-state index is 12.6. The lowest BCUT2D eigenvalue weighted by atomic mass is 10.1. The number of carbonyl (C=O) groups is 2. The summed E-state index contributed by atoms with van der Waals surface area (Å²) < 4.78 is 0.735. The molecule has 2 aromatic carbocycles. The molecule has 1 aliphatic carbocycles. The second kappa shape index (κ2) is 9.06. The van der Waals surface area contributed by atoms with Crippen LogP contribution in [-0.4, -0.2) is 33.8 Å². The van der Waals surface area contributed by atoms with Gasteiger partial charge in [0.1, 0.15) is 0 Å². The monoisotopic (exact) mass is 425 g/mol. The first-order valence-electron chi connectivity index (χ1n) is 9.15. The lowest BCUT2D eigenvalue weighted by Crippen LogP contribution is -2.19. The molecule has 0 saturated heterocycles. The van der Waals surface area contributed by atoms with Gasteiger partial charge < -0.3 is 16.0 Å². The number of amides is 2. The first-order valence-corrected chi connectivity index (χ1v) is 11.0. The number of benzene rings is 2. The second-order valence-corrected chi connectivity index (χ2v) is 8.69. The first-order chi connectivity index (χ1) is 14.2.